The minimum Gasteiger partial charge on any atom is -0.348 e. The molecule has 0 saturated heterocycles. The van der Waals surface area contributed by atoms with Crippen LogP contribution in [0.2, 0.25) is 20.1 Å². The van der Waals surface area contributed by atoms with E-state index in [1.165, 1.54) is 6.08 Å². The minimum atomic E-state index is -0.244. The van der Waals surface area contributed by atoms with Crippen molar-refractivity contribution in [1.29, 1.82) is 0 Å². The van der Waals surface area contributed by atoms with Gasteiger partial charge in [0.1, 0.15) is 0 Å². The summed E-state index contributed by atoms with van der Waals surface area (Å²) >= 11 is 24.7. The fourth-order valence-electron chi connectivity index (χ4n) is 3.49. The highest BCUT2D eigenvalue weighted by atomic mass is 35.5. The van der Waals surface area contributed by atoms with Crippen molar-refractivity contribution in [2.45, 2.75) is 13.5 Å². The number of nitrogens with one attached hydrogen (secondary N) is 1. The third-order valence-corrected chi connectivity index (χ3v) is 6.19. The molecule has 4 aromatic rings. The molecule has 1 heterocycles. The molecule has 8 heteroatoms. The molecule has 0 aliphatic heterocycles. The van der Waals surface area contributed by atoms with Gasteiger partial charge in [-0.15, -0.1) is 0 Å². The molecule has 4 rings (SSSR count). The maximum absolute atomic E-state index is 12.4. The van der Waals surface area contributed by atoms with Gasteiger partial charge in [0, 0.05) is 38.8 Å². The molecule has 4 nitrogen and oxygen atoms in total. The number of amides is 1. The van der Waals surface area contributed by atoms with E-state index in [1.54, 1.807) is 29.0 Å². The van der Waals surface area contributed by atoms with Crippen LogP contribution in [-0.4, -0.2) is 15.7 Å². The average molecular weight is 531 g/mol. The van der Waals surface area contributed by atoms with E-state index in [-0.39, 0.29) is 5.91 Å². The molecule has 1 aromatic heterocycles. The molecule has 1 amide bonds. The van der Waals surface area contributed by atoms with Gasteiger partial charge in [0.25, 0.3) is 0 Å². The summed E-state index contributed by atoms with van der Waals surface area (Å²) in [6.07, 6.45) is 3.14. The molecule has 3 aromatic carbocycles. The summed E-state index contributed by atoms with van der Waals surface area (Å²) in [7, 11) is 0. The first-order valence-corrected chi connectivity index (χ1v) is 11.8. The quantitative estimate of drug-likeness (QED) is 0.258. The summed E-state index contributed by atoms with van der Waals surface area (Å²) in [5.41, 5.74) is 4.84. The number of hydrogen-bond acceptors (Lipinski definition) is 2. The normalized spacial score (nSPS) is 11.2. The van der Waals surface area contributed by atoms with Crippen LogP contribution >= 0.6 is 46.4 Å². The van der Waals surface area contributed by atoms with E-state index in [4.69, 9.17) is 51.5 Å². The van der Waals surface area contributed by atoms with E-state index in [2.05, 4.69) is 5.32 Å². The van der Waals surface area contributed by atoms with Crippen LogP contribution in [0, 0.1) is 6.92 Å². The predicted octanol–water partition coefficient (Wildman–Crippen LogP) is 7.79. The monoisotopic (exact) mass is 529 g/mol. The Kier molecular flexibility index (Phi) is 7.64. The van der Waals surface area contributed by atoms with E-state index < -0.39 is 0 Å². The highest BCUT2D eigenvalue weighted by molar-refractivity contribution is 6.35. The van der Waals surface area contributed by atoms with Crippen molar-refractivity contribution >= 4 is 58.4 Å². The summed E-state index contributed by atoms with van der Waals surface area (Å²) in [5.74, 6) is -0.244. The molecular formula is C26H19Cl4N3O. The Morgan fingerprint density at radius 2 is 1.65 bits per heavy atom. The van der Waals surface area contributed by atoms with Crippen molar-refractivity contribution < 1.29 is 4.79 Å². The largest absolute Gasteiger partial charge is 0.348 e. The van der Waals surface area contributed by atoms with Gasteiger partial charge in [-0.1, -0.05) is 70.7 Å². The Morgan fingerprint density at radius 1 is 0.941 bits per heavy atom. The van der Waals surface area contributed by atoms with Crippen LogP contribution in [0.1, 0.15) is 16.8 Å². The maximum Gasteiger partial charge on any atom is 0.244 e. The van der Waals surface area contributed by atoms with Crippen LogP contribution < -0.4 is 5.32 Å². The molecule has 0 spiro atoms. The zero-order chi connectivity index (χ0) is 24.2. The number of hydrogen-bond donors (Lipinski definition) is 1. The lowest BCUT2D eigenvalue weighted by atomic mass is 10.1. The van der Waals surface area contributed by atoms with Crippen molar-refractivity contribution in [3.8, 4) is 16.9 Å². The zero-order valence-corrected chi connectivity index (χ0v) is 21.1. The van der Waals surface area contributed by atoms with E-state index >= 15 is 0 Å². The smallest absolute Gasteiger partial charge is 0.244 e. The first kappa shape index (κ1) is 24.4. The molecule has 0 bridgehead atoms. The summed E-state index contributed by atoms with van der Waals surface area (Å²) in [5, 5.41) is 9.84. The van der Waals surface area contributed by atoms with Crippen LogP contribution in [0.25, 0.3) is 23.0 Å². The van der Waals surface area contributed by atoms with Crippen molar-refractivity contribution in [3.05, 3.63) is 110 Å². The number of carbonyl (C=O) groups is 1. The number of rotatable bonds is 6. The number of aromatic nitrogens is 2. The van der Waals surface area contributed by atoms with Crippen LogP contribution in [0.15, 0.2) is 72.8 Å². The Bertz CT molecular complexity index is 1380. The number of nitrogens with zero attached hydrogens (tertiary/aromatic N) is 2. The fourth-order valence-corrected chi connectivity index (χ4v) is 4.32. The minimum absolute atomic E-state index is 0.244. The molecule has 0 saturated carbocycles. The van der Waals surface area contributed by atoms with Gasteiger partial charge < -0.3 is 5.32 Å². The van der Waals surface area contributed by atoms with Gasteiger partial charge in [-0.3, -0.25) is 4.79 Å². The first-order chi connectivity index (χ1) is 16.3. The number of benzene rings is 3. The van der Waals surface area contributed by atoms with Gasteiger partial charge in [-0.05, 0) is 61.0 Å². The van der Waals surface area contributed by atoms with Crippen molar-refractivity contribution in [2.24, 2.45) is 0 Å². The van der Waals surface area contributed by atoms with E-state index in [0.29, 0.717) is 38.0 Å². The lowest BCUT2D eigenvalue weighted by Gasteiger charge is -2.11. The summed E-state index contributed by atoms with van der Waals surface area (Å²) < 4.78 is 1.75. The molecule has 0 atom stereocenters. The van der Waals surface area contributed by atoms with Gasteiger partial charge in [0.15, 0.2) is 0 Å². The average Bonchev–Trinajstić information content (AvgIpc) is 3.12. The summed E-state index contributed by atoms with van der Waals surface area (Å²) in [6, 6.07) is 20.0. The number of halogens is 4. The van der Waals surface area contributed by atoms with E-state index in [1.807, 2.05) is 55.5 Å². The predicted molar refractivity (Wildman–Crippen MR) is 141 cm³/mol. The van der Waals surface area contributed by atoms with Gasteiger partial charge in [-0.25, -0.2) is 4.68 Å². The van der Waals surface area contributed by atoms with Crippen LogP contribution in [-0.2, 0) is 11.3 Å². The van der Waals surface area contributed by atoms with Crippen LogP contribution in [0.4, 0.5) is 0 Å². The van der Waals surface area contributed by atoms with Crippen LogP contribution in [0.3, 0.4) is 0 Å². The third-order valence-electron chi connectivity index (χ3n) is 5.16. The second-order valence-corrected chi connectivity index (χ2v) is 9.27. The second-order valence-electron chi connectivity index (χ2n) is 7.55. The molecule has 0 unspecified atom stereocenters. The lowest BCUT2D eigenvalue weighted by Crippen LogP contribution is -2.20. The Hall–Kier alpha value is -2.76. The standard InChI is InChI=1S/C26H19Cl4N3O/c1-16-23(10-12-25(34)31-15-17-3-2-4-20(28)13-17)32-33(24-11-9-21(29)14-22(24)30)26(16)18-5-7-19(27)8-6-18/h2-14H,15H2,1H3,(H,31,34)/b12-10+. The number of carbonyl (C=O) groups excluding carboxylic acids is 1. The Balaban J connectivity index is 1.66. The summed E-state index contributed by atoms with van der Waals surface area (Å²) in [6.45, 7) is 2.31. The molecule has 172 valence electrons. The van der Waals surface area contributed by atoms with Gasteiger partial charge in [0.2, 0.25) is 5.91 Å². The van der Waals surface area contributed by atoms with E-state index in [0.717, 1.165) is 22.4 Å². The van der Waals surface area contributed by atoms with Gasteiger partial charge in [-0.2, -0.15) is 5.10 Å². The Labute approximate surface area is 217 Å². The molecule has 34 heavy (non-hydrogen) atoms. The molecule has 0 radical (unpaired) electrons. The fraction of sp³-hybridized carbons (Fsp3) is 0.0769. The van der Waals surface area contributed by atoms with Crippen molar-refractivity contribution in [3.63, 3.8) is 0 Å². The van der Waals surface area contributed by atoms with E-state index in [9.17, 15) is 4.79 Å². The topological polar surface area (TPSA) is 46.9 Å². The SMILES string of the molecule is Cc1c(/C=C/C(=O)NCc2cccc(Cl)c2)nn(-c2ccc(Cl)cc2Cl)c1-c1ccc(Cl)cc1. The van der Waals surface area contributed by atoms with Gasteiger partial charge in [0.05, 0.1) is 22.1 Å². The van der Waals surface area contributed by atoms with Gasteiger partial charge >= 0.3 is 0 Å². The zero-order valence-electron chi connectivity index (χ0n) is 18.0. The molecule has 0 fully saturated rings. The highest BCUT2D eigenvalue weighted by Gasteiger charge is 2.18. The molecular weight excluding hydrogens is 512 g/mol. The van der Waals surface area contributed by atoms with Crippen molar-refractivity contribution in [1.82, 2.24) is 15.1 Å². The second kappa shape index (κ2) is 10.7. The van der Waals surface area contributed by atoms with Crippen LogP contribution in [0.5, 0.6) is 0 Å². The lowest BCUT2D eigenvalue weighted by molar-refractivity contribution is -0.116. The third kappa shape index (κ3) is 5.65. The Morgan fingerprint density at radius 3 is 2.35 bits per heavy atom. The van der Waals surface area contributed by atoms with Crippen molar-refractivity contribution in [2.75, 3.05) is 0 Å². The first-order valence-electron chi connectivity index (χ1n) is 10.3. The summed E-state index contributed by atoms with van der Waals surface area (Å²) in [4.78, 5) is 12.4. The molecule has 0 aliphatic rings. The maximum atomic E-state index is 12.4. The highest BCUT2D eigenvalue weighted by Crippen LogP contribution is 2.33. The molecule has 0 aliphatic carbocycles. The molecule has 1 N–H and O–H groups in total.